The van der Waals surface area contributed by atoms with Crippen LogP contribution in [0.3, 0.4) is 0 Å². The smallest absolute Gasteiger partial charge is 0.407 e. The largest absolute Gasteiger partial charge is 0.462 e. The van der Waals surface area contributed by atoms with Crippen LogP contribution in [0.1, 0.15) is 226 Å². The molecule has 1 heterocycles. The number of alkyl carbamates (subject to hydrolysis) is 1. The topological polar surface area (TPSA) is 94.2 Å². The number of ether oxygens (including phenoxy) is 3. The molecule has 312 valence electrons. The van der Waals surface area contributed by atoms with E-state index in [9.17, 15) is 14.4 Å². The van der Waals surface area contributed by atoms with Crippen molar-refractivity contribution in [2.24, 2.45) is 0 Å². The molecular formula is C45H86N2O6. The summed E-state index contributed by atoms with van der Waals surface area (Å²) in [5.74, 6) is -0.627. The minimum atomic E-state index is -0.813. The molecule has 1 atom stereocenters. The maximum Gasteiger partial charge on any atom is 0.407 e. The number of hydrogen-bond acceptors (Lipinski definition) is 7. The Hall–Kier alpha value is -1.83. The lowest BCUT2D eigenvalue weighted by molar-refractivity contribution is -0.161. The van der Waals surface area contributed by atoms with E-state index in [0.29, 0.717) is 12.8 Å². The van der Waals surface area contributed by atoms with Crippen molar-refractivity contribution in [1.29, 1.82) is 0 Å². The Balaban J connectivity index is 2.19. The van der Waals surface area contributed by atoms with Gasteiger partial charge in [0.1, 0.15) is 13.2 Å². The molecule has 0 spiro atoms. The molecule has 0 radical (unpaired) electrons. The Morgan fingerprint density at radius 1 is 0.509 bits per heavy atom. The Labute approximate surface area is 327 Å². The van der Waals surface area contributed by atoms with Crippen molar-refractivity contribution in [3.05, 3.63) is 0 Å². The summed E-state index contributed by atoms with van der Waals surface area (Å²) in [6.45, 7) is 7.76. The van der Waals surface area contributed by atoms with Crippen molar-refractivity contribution >= 4 is 18.0 Å². The number of likely N-dealkylation sites (N-methyl/N-ethyl adjacent to an activating group) is 1. The van der Waals surface area contributed by atoms with Gasteiger partial charge >= 0.3 is 18.0 Å². The molecule has 1 aliphatic heterocycles. The van der Waals surface area contributed by atoms with Crippen molar-refractivity contribution in [2.45, 2.75) is 238 Å². The lowest BCUT2D eigenvalue weighted by Gasteiger charge is -2.46. The molecule has 0 bridgehead atoms. The second-order valence-corrected chi connectivity index (χ2v) is 16.7. The Kier molecular flexibility index (Phi) is 32.2. The van der Waals surface area contributed by atoms with Crippen molar-refractivity contribution in [3.8, 4) is 0 Å². The number of likely N-dealkylation sites (tertiary alicyclic amines) is 1. The number of carbonyl (C=O) groups excluding carboxylic acids is 3. The lowest BCUT2D eigenvalue weighted by Crippen LogP contribution is -2.67. The minimum absolute atomic E-state index is 0.102. The Morgan fingerprint density at radius 3 is 1.19 bits per heavy atom. The van der Waals surface area contributed by atoms with E-state index in [4.69, 9.17) is 14.2 Å². The van der Waals surface area contributed by atoms with Crippen molar-refractivity contribution < 1.29 is 28.6 Å². The molecule has 0 aliphatic carbocycles. The van der Waals surface area contributed by atoms with Crippen molar-refractivity contribution in [3.63, 3.8) is 0 Å². The maximum atomic E-state index is 12.7. The van der Waals surface area contributed by atoms with Gasteiger partial charge in [0, 0.05) is 25.9 Å². The number of nitrogens with one attached hydrogen (secondary N) is 1. The fourth-order valence-electron chi connectivity index (χ4n) is 7.58. The van der Waals surface area contributed by atoms with Crippen molar-refractivity contribution in [1.82, 2.24) is 10.2 Å². The highest BCUT2D eigenvalue weighted by atomic mass is 16.6. The molecule has 0 aromatic heterocycles. The standard InChI is InChI=1S/C45H86N2O6/c1-5-7-9-11-13-15-17-19-21-23-25-27-29-31-33-35-42(48)51-37-41(38-52-44(50)46-45(3)39-47(4)40-45)53-43(49)36-34-32-30-28-26-24-22-20-18-16-14-12-10-8-6-2/h41H,5-40H2,1-4H3,(H,46,50). The second kappa shape index (κ2) is 34.6. The molecule has 1 N–H and O–H groups in total. The fraction of sp³-hybridized carbons (Fsp3) is 0.933. The van der Waals surface area contributed by atoms with Gasteiger partial charge < -0.3 is 24.4 Å². The van der Waals surface area contributed by atoms with Gasteiger partial charge in [-0.2, -0.15) is 0 Å². The summed E-state index contributed by atoms with van der Waals surface area (Å²) in [6.07, 6.45) is 37.5. The van der Waals surface area contributed by atoms with E-state index in [1.54, 1.807) is 0 Å². The highest BCUT2D eigenvalue weighted by Gasteiger charge is 2.38. The van der Waals surface area contributed by atoms with Gasteiger partial charge in [0.05, 0.1) is 5.54 Å². The number of hydrogen-bond donors (Lipinski definition) is 1. The highest BCUT2D eigenvalue weighted by molar-refractivity contribution is 5.71. The van der Waals surface area contributed by atoms with E-state index in [1.165, 1.54) is 154 Å². The molecule has 1 amide bonds. The van der Waals surface area contributed by atoms with Gasteiger partial charge in [-0.25, -0.2) is 4.79 Å². The first-order valence-corrected chi connectivity index (χ1v) is 22.8. The van der Waals surface area contributed by atoms with E-state index >= 15 is 0 Å². The number of amides is 1. The summed E-state index contributed by atoms with van der Waals surface area (Å²) in [5, 5.41) is 2.90. The Morgan fingerprint density at radius 2 is 0.830 bits per heavy atom. The van der Waals surface area contributed by atoms with Crippen LogP contribution in [0, 0.1) is 0 Å². The third-order valence-corrected chi connectivity index (χ3v) is 10.7. The molecular weight excluding hydrogens is 665 g/mol. The van der Waals surface area contributed by atoms with Crippen LogP contribution in [0.2, 0.25) is 0 Å². The van der Waals surface area contributed by atoms with Crippen LogP contribution in [-0.2, 0) is 23.8 Å². The van der Waals surface area contributed by atoms with Gasteiger partial charge in [-0.15, -0.1) is 0 Å². The monoisotopic (exact) mass is 751 g/mol. The minimum Gasteiger partial charge on any atom is -0.462 e. The summed E-state index contributed by atoms with van der Waals surface area (Å²) < 4.78 is 16.6. The molecule has 53 heavy (non-hydrogen) atoms. The van der Waals surface area contributed by atoms with Gasteiger partial charge in [0.15, 0.2) is 6.10 Å². The van der Waals surface area contributed by atoms with E-state index in [-0.39, 0.29) is 30.7 Å². The quantitative estimate of drug-likeness (QED) is 0.0381. The number of carbonyl (C=O) groups is 3. The second-order valence-electron chi connectivity index (χ2n) is 16.7. The average Bonchev–Trinajstić information content (AvgIpc) is 3.12. The van der Waals surface area contributed by atoms with Gasteiger partial charge in [-0.1, -0.05) is 194 Å². The highest BCUT2D eigenvalue weighted by Crippen LogP contribution is 2.19. The van der Waals surface area contributed by atoms with Gasteiger partial charge in [0.2, 0.25) is 0 Å². The number of nitrogens with zero attached hydrogens (tertiary/aromatic N) is 1. The predicted molar refractivity (Wildman–Crippen MR) is 220 cm³/mol. The zero-order valence-electron chi connectivity index (χ0n) is 35.4. The molecule has 0 aromatic carbocycles. The van der Waals surface area contributed by atoms with Crippen LogP contribution in [0.5, 0.6) is 0 Å². The zero-order chi connectivity index (χ0) is 38.7. The van der Waals surface area contributed by atoms with Crippen LogP contribution >= 0.6 is 0 Å². The first-order chi connectivity index (χ1) is 25.8. The SMILES string of the molecule is CCCCCCCCCCCCCCCCCC(=O)OCC(COC(=O)NC1(C)CN(C)C1)OC(=O)CCCCCCCCCCCCCCCCC. The van der Waals surface area contributed by atoms with Crippen LogP contribution < -0.4 is 5.32 Å². The van der Waals surface area contributed by atoms with Gasteiger partial charge in [-0.3, -0.25) is 9.59 Å². The normalized spacial score (nSPS) is 14.4. The third-order valence-electron chi connectivity index (χ3n) is 10.7. The van der Waals surface area contributed by atoms with Crippen LogP contribution in [0.25, 0.3) is 0 Å². The van der Waals surface area contributed by atoms with Crippen LogP contribution in [-0.4, -0.2) is 67.9 Å². The van der Waals surface area contributed by atoms with Gasteiger partial charge in [0.25, 0.3) is 0 Å². The average molecular weight is 751 g/mol. The van der Waals surface area contributed by atoms with E-state index in [1.807, 2.05) is 14.0 Å². The molecule has 0 aromatic rings. The summed E-state index contributed by atoms with van der Waals surface area (Å²) in [6, 6.07) is 0. The number of unbranched alkanes of at least 4 members (excludes halogenated alkanes) is 28. The summed E-state index contributed by atoms with van der Waals surface area (Å²) in [5.41, 5.74) is -0.328. The molecule has 1 aliphatic rings. The van der Waals surface area contributed by atoms with Crippen LogP contribution in [0.15, 0.2) is 0 Å². The summed E-state index contributed by atoms with van der Waals surface area (Å²) in [4.78, 5) is 39.8. The first-order valence-electron chi connectivity index (χ1n) is 22.8. The van der Waals surface area contributed by atoms with Crippen LogP contribution in [0.4, 0.5) is 4.79 Å². The molecule has 8 nitrogen and oxygen atoms in total. The molecule has 1 saturated heterocycles. The number of esters is 2. The third kappa shape index (κ3) is 31.1. The van der Waals surface area contributed by atoms with E-state index in [0.717, 1.165) is 51.6 Å². The number of rotatable bonds is 38. The van der Waals surface area contributed by atoms with E-state index < -0.39 is 12.2 Å². The van der Waals surface area contributed by atoms with Crippen molar-refractivity contribution in [2.75, 3.05) is 33.4 Å². The predicted octanol–water partition coefficient (Wildman–Crippen LogP) is 12.4. The zero-order valence-corrected chi connectivity index (χ0v) is 35.4. The molecule has 0 saturated carbocycles. The van der Waals surface area contributed by atoms with E-state index in [2.05, 4.69) is 24.1 Å². The maximum absolute atomic E-state index is 12.7. The lowest BCUT2D eigenvalue weighted by atomic mass is 9.93. The Bertz CT molecular complexity index is 877. The molecule has 1 fully saturated rings. The fourth-order valence-corrected chi connectivity index (χ4v) is 7.58. The molecule has 1 rings (SSSR count). The summed E-state index contributed by atoms with van der Waals surface area (Å²) >= 11 is 0. The molecule has 1 unspecified atom stereocenters. The molecule has 8 heteroatoms. The summed E-state index contributed by atoms with van der Waals surface area (Å²) in [7, 11) is 2.00. The first kappa shape index (κ1) is 49.2. The van der Waals surface area contributed by atoms with Gasteiger partial charge in [-0.05, 0) is 26.8 Å².